The minimum Gasteiger partial charge on any atom is -0.481 e. The second-order valence-corrected chi connectivity index (χ2v) is 10.2. The van der Waals surface area contributed by atoms with Crippen LogP contribution in [-0.2, 0) is 4.79 Å². The molecule has 9 atom stereocenters. The molecule has 5 heteroatoms. The average Bonchev–Trinajstić information content (AvgIpc) is 2.87. The van der Waals surface area contributed by atoms with Gasteiger partial charge in [0.15, 0.2) is 0 Å². The van der Waals surface area contributed by atoms with Crippen LogP contribution in [0.15, 0.2) is 0 Å². The quantitative estimate of drug-likeness (QED) is 0.610. The largest absolute Gasteiger partial charge is 0.481 e. The number of rotatable bonds is 2. The van der Waals surface area contributed by atoms with Crippen LogP contribution in [0.4, 0.5) is 0 Å². The lowest BCUT2D eigenvalue weighted by molar-refractivity contribution is -0.179. The molecule has 4 saturated carbocycles. The molecule has 1 spiro atoms. The number of hydrogen-bond acceptors (Lipinski definition) is 4. The lowest BCUT2D eigenvalue weighted by atomic mass is 9.52. The van der Waals surface area contributed by atoms with Crippen molar-refractivity contribution in [3.63, 3.8) is 0 Å². The van der Waals surface area contributed by atoms with E-state index in [1.165, 1.54) is 0 Å². The van der Waals surface area contributed by atoms with Crippen LogP contribution in [0.5, 0.6) is 0 Å². The van der Waals surface area contributed by atoms with Crippen molar-refractivity contribution in [1.82, 2.24) is 0 Å². The molecule has 0 saturated heterocycles. The van der Waals surface area contributed by atoms with Gasteiger partial charge in [0.2, 0.25) is 0 Å². The summed E-state index contributed by atoms with van der Waals surface area (Å²) in [5.41, 5.74) is -2.37. The molecule has 142 valence electrons. The molecule has 4 aliphatic rings. The Balaban J connectivity index is 1.89. The van der Waals surface area contributed by atoms with Gasteiger partial charge in [-0.2, -0.15) is 0 Å². The van der Waals surface area contributed by atoms with E-state index in [-0.39, 0.29) is 35.2 Å². The first-order chi connectivity index (χ1) is 11.5. The van der Waals surface area contributed by atoms with Gasteiger partial charge >= 0.3 is 5.97 Å². The molecule has 0 radical (unpaired) electrons. The smallest absolute Gasteiger partial charge is 0.312 e. The van der Waals surface area contributed by atoms with Gasteiger partial charge in [0.25, 0.3) is 0 Å². The first-order valence-corrected chi connectivity index (χ1v) is 9.79. The number of carboxylic acid groups (broad SMARTS) is 1. The summed E-state index contributed by atoms with van der Waals surface area (Å²) in [6, 6.07) is 0. The van der Waals surface area contributed by atoms with Crippen LogP contribution in [0.1, 0.15) is 59.3 Å². The zero-order valence-electron chi connectivity index (χ0n) is 15.5. The number of fused-ring (bicyclic) bond motifs is 3. The fraction of sp³-hybridized carbons (Fsp3) is 0.950. The summed E-state index contributed by atoms with van der Waals surface area (Å²) < 4.78 is 0. The second kappa shape index (κ2) is 4.99. The molecule has 4 N–H and O–H groups in total. The normalized spacial score (nSPS) is 60.2. The third kappa shape index (κ3) is 1.87. The van der Waals surface area contributed by atoms with Crippen molar-refractivity contribution < 1.29 is 25.2 Å². The van der Waals surface area contributed by atoms with Crippen molar-refractivity contribution in [3.05, 3.63) is 0 Å². The highest BCUT2D eigenvalue weighted by molar-refractivity contribution is 5.76. The highest BCUT2D eigenvalue weighted by atomic mass is 16.4. The second-order valence-electron chi connectivity index (χ2n) is 10.2. The molecule has 4 fully saturated rings. The summed E-state index contributed by atoms with van der Waals surface area (Å²) in [5.74, 6) is -0.828. The Hall–Kier alpha value is -0.650. The molecular weight excluding hydrogens is 320 g/mol. The van der Waals surface area contributed by atoms with Crippen LogP contribution >= 0.6 is 0 Å². The minimum atomic E-state index is -1.24. The van der Waals surface area contributed by atoms with Gasteiger partial charge in [-0.25, -0.2) is 0 Å². The van der Waals surface area contributed by atoms with Gasteiger partial charge in [-0.3, -0.25) is 4.79 Å². The Morgan fingerprint density at radius 2 is 1.84 bits per heavy atom. The van der Waals surface area contributed by atoms with E-state index in [9.17, 15) is 25.2 Å². The van der Waals surface area contributed by atoms with Crippen LogP contribution in [0.25, 0.3) is 0 Å². The van der Waals surface area contributed by atoms with Crippen LogP contribution in [-0.4, -0.2) is 44.7 Å². The number of carboxylic acids is 1. The summed E-state index contributed by atoms with van der Waals surface area (Å²) in [5, 5.41) is 42.1. The number of carbonyl (C=O) groups is 1. The maximum absolute atomic E-state index is 12.3. The van der Waals surface area contributed by atoms with Gasteiger partial charge in [0, 0.05) is 6.61 Å². The van der Waals surface area contributed by atoms with Crippen LogP contribution in [0, 0.1) is 39.9 Å². The maximum atomic E-state index is 12.3. The third-order valence-electron chi connectivity index (χ3n) is 9.29. The first-order valence-electron chi connectivity index (χ1n) is 9.79. The molecule has 2 bridgehead atoms. The molecule has 5 nitrogen and oxygen atoms in total. The van der Waals surface area contributed by atoms with Crippen LogP contribution in [0.2, 0.25) is 0 Å². The highest BCUT2D eigenvalue weighted by Gasteiger charge is 2.76. The summed E-state index contributed by atoms with van der Waals surface area (Å²) in [7, 11) is 0. The number of aliphatic hydroxyl groups is 3. The van der Waals surface area contributed by atoms with Crippen molar-refractivity contribution in [2.45, 2.75) is 71.0 Å². The minimum absolute atomic E-state index is 0.0604. The Labute approximate surface area is 149 Å². The lowest BCUT2D eigenvalue weighted by Gasteiger charge is -2.52. The Bertz CT molecular complexity index is 603. The van der Waals surface area contributed by atoms with Gasteiger partial charge < -0.3 is 20.4 Å². The number of hydrogen-bond donors (Lipinski definition) is 4. The van der Waals surface area contributed by atoms with Crippen molar-refractivity contribution in [2.75, 3.05) is 6.61 Å². The Morgan fingerprint density at radius 1 is 1.16 bits per heavy atom. The molecular formula is C20H32O5. The molecule has 4 rings (SSSR count). The zero-order valence-corrected chi connectivity index (χ0v) is 15.5. The number of aliphatic carboxylic acids is 1. The Morgan fingerprint density at radius 3 is 2.44 bits per heavy atom. The van der Waals surface area contributed by atoms with Gasteiger partial charge in [0.05, 0.1) is 17.1 Å². The standard InChI is InChI=1S/C20H32O5/c1-17-7-6-14(22)19(3,16(23)24)15(17)12(9-21)20-8-11(4-5-13(17)20)18(2,25)10-20/h11-15,21-22,25H,4-10H2,1-3H3,(H,23,24)/t11-,12+,13+,14+,15+,17+,18+,19-,20+/m1/s1. The van der Waals surface area contributed by atoms with Crippen molar-refractivity contribution in [2.24, 2.45) is 39.9 Å². The van der Waals surface area contributed by atoms with E-state index in [1.54, 1.807) is 6.92 Å². The third-order valence-corrected chi connectivity index (χ3v) is 9.29. The topological polar surface area (TPSA) is 98.0 Å². The lowest BCUT2D eigenvalue weighted by Crippen LogP contribution is -2.56. The summed E-state index contributed by atoms with van der Waals surface area (Å²) in [6.07, 6.45) is 3.93. The van der Waals surface area contributed by atoms with Gasteiger partial charge in [-0.15, -0.1) is 0 Å². The monoisotopic (exact) mass is 352 g/mol. The van der Waals surface area contributed by atoms with E-state index in [0.717, 1.165) is 25.7 Å². The van der Waals surface area contributed by atoms with Crippen LogP contribution < -0.4 is 0 Å². The average molecular weight is 352 g/mol. The molecule has 0 unspecified atom stereocenters. The van der Waals surface area contributed by atoms with Gasteiger partial charge in [-0.1, -0.05) is 6.92 Å². The molecule has 0 amide bonds. The Kier molecular flexibility index (Phi) is 3.54. The molecule has 4 aliphatic carbocycles. The van der Waals surface area contributed by atoms with E-state index in [0.29, 0.717) is 18.8 Å². The van der Waals surface area contributed by atoms with E-state index in [2.05, 4.69) is 6.92 Å². The van der Waals surface area contributed by atoms with Gasteiger partial charge in [-0.05, 0) is 86.9 Å². The molecule has 0 aromatic carbocycles. The van der Waals surface area contributed by atoms with E-state index < -0.39 is 23.1 Å². The summed E-state index contributed by atoms with van der Waals surface area (Å²) in [4.78, 5) is 12.3. The fourth-order valence-corrected chi connectivity index (χ4v) is 8.38. The molecule has 0 heterocycles. The van der Waals surface area contributed by atoms with E-state index >= 15 is 0 Å². The van der Waals surface area contributed by atoms with Crippen molar-refractivity contribution in [1.29, 1.82) is 0 Å². The maximum Gasteiger partial charge on any atom is 0.312 e. The van der Waals surface area contributed by atoms with E-state index in [4.69, 9.17) is 0 Å². The zero-order chi connectivity index (χ0) is 18.4. The predicted octanol–water partition coefficient (Wildman–Crippen LogP) is 2.03. The molecule has 0 aromatic heterocycles. The van der Waals surface area contributed by atoms with E-state index in [1.807, 2.05) is 6.92 Å². The molecule has 25 heavy (non-hydrogen) atoms. The summed E-state index contributed by atoms with van der Waals surface area (Å²) >= 11 is 0. The number of aliphatic hydroxyl groups excluding tert-OH is 2. The van der Waals surface area contributed by atoms with Crippen LogP contribution in [0.3, 0.4) is 0 Å². The molecule has 0 aromatic rings. The predicted molar refractivity (Wildman–Crippen MR) is 91.7 cm³/mol. The van der Waals surface area contributed by atoms with Crippen molar-refractivity contribution in [3.8, 4) is 0 Å². The highest BCUT2D eigenvalue weighted by Crippen LogP contribution is 2.77. The first kappa shape index (κ1) is 17.7. The SMILES string of the molecule is C[C@@]12CC[C@H](O)[C@@](C)(C(=O)O)[C@H]1[C@H](CO)[C@@]13C[C@@H](CC[C@@H]21)[C@@](C)(O)C3. The van der Waals surface area contributed by atoms with Crippen molar-refractivity contribution >= 4 is 5.97 Å². The van der Waals surface area contributed by atoms with Gasteiger partial charge in [0.1, 0.15) is 0 Å². The fourth-order valence-electron chi connectivity index (χ4n) is 8.38. The summed E-state index contributed by atoms with van der Waals surface area (Å²) in [6.45, 7) is 5.73. The molecule has 0 aliphatic heterocycles.